The summed E-state index contributed by atoms with van der Waals surface area (Å²) in [5.41, 5.74) is 0.908. The zero-order valence-corrected chi connectivity index (χ0v) is 12.6. The van der Waals surface area contributed by atoms with Gasteiger partial charge in [-0.15, -0.1) is 0 Å². The smallest absolute Gasteiger partial charge is 0.337 e. The third kappa shape index (κ3) is 5.11. The monoisotopic (exact) mass is 279 g/mol. The predicted octanol–water partition coefficient (Wildman–Crippen LogP) is 4.16. The van der Waals surface area contributed by atoms with Gasteiger partial charge < -0.3 is 15.2 Å². The van der Waals surface area contributed by atoms with Gasteiger partial charge in [0.05, 0.1) is 18.4 Å². The quantitative estimate of drug-likeness (QED) is 0.666. The Morgan fingerprint density at radius 2 is 2.10 bits per heavy atom. The van der Waals surface area contributed by atoms with Crippen molar-refractivity contribution in [2.45, 2.75) is 52.0 Å². The van der Waals surface area contributed by atoms with Crippen molar-refractivity contribution in [2.75, 3.05) is 12.4 Å². The minimum absolute atomic E-state index is 0.247. The van der Waals surface area contributed by atoms with E-state index in [9.17, 15) is 9.90 Å². The van der Waals surface area contributed by atoms with Crippen LogP contribution in [0.5, 0.6) is 5.75 Å². The van der Waals surface area contributed by atoms with E-state index >= 15 is 0 Å². The van der Waals surface area contributed by atoms with Crippen molar-refractivity contribution in [3.8, 4) is 5.75 Å². The Kier molecular flexibility index (Phi) is 6.91. The van der Waals surface area contributed by atoms with Crippen molar-refractivity contribution < 1.29 is 14.6 Å². The first-order valence-corrected chi connectivity index (χ1v) is 7.26. The Balaban J connectivity index is 2.66. The van der Waals surface area contributed by atoms with E-state index < -0.39 is 5.97 Å². The number of carboxylic acids is 1. The zero-order valence-electron chi connectivity index (χ0n) is 12.6. The maximum absolute atomic E-state index is 11.2. The van der Waals surface area contributed by atoms with Crippen molar-refractivity contribution in [3.05, 3.63) is 23.8 Å². The van der Waals surface area contributed by atoms with Gasteiger partial charge in [0.15, 0.2) is 0 Å². The molecule has 1 unspecified atom stereocenters. The topological polar surface area (TPSA) is 58.6 Å². The van der Waals surface area contributed by atoms with Gasteiger partial charge in [-0.25, -0.2) is 4.79 Å². The lowest BCUT2D eigenvalue weighted by atomic mass is 10.1. The van der Waals surface area contributed by atoms with E-state index in [1.165, 1.54) is 19.3 Å². The van der Waals surface area contributed by atoms with E-state index in [-0.39, 0.29) is 11.6 Å². The molecule has 112 valence electrons. The van der Waals surface area contributed by atoms with Crippen LogP contribution in [0.1, 0.15) is 56.3 Å². The summed E-state index contributed by atoms with van der Waals surface area (Å²) >= 11 is 0. The normalized spacial score (nSPS) is 11.9. The molecule has 4 nitrogen and oxygen atoms in total. The molecule has 0 saturated carbocycles. The Morgan fingerprint density at radius 3 is 2.70 bits per heavy atom. The van der Waals surface area contributed by atoms with Crippen LogP contribution in [-0.2, 0) is 0 Å². The average Bonchev–Trinajstić information content (AvgIpc) is 2.43. The number of carbonyl (C=O) groups is 1. The number of benzene rings is 1. The fourth-order valence-corrected chi connectivity index (χ4v) is 2.17. The van der Waals surface area contributed by atoms with Crippen LogP contribution in [0.2, 0.25) is 0 Å². The maximum Gasteiger partial charge on any atom is 0.337 e. The highest BCUT2D eigenvalue weighted by Crippen LogP contribution is 2.24. The lowest BCUT2D eigenvalue weighted by molar-refractivity contribution is 0.0698. The predicted molar refractivity (Wildman–Crippen MR) is 81.8 cm³/mol. The number of anilines is 1. The summed E-state index contributed by atoms with van der Waals surface area (Å²) in [6, 6.07) is 5.23. The highest BCUT2D eigenvalue weighted by atomic mass is 16.5. The fraction of sp³-hybridized carbons (Fsp3) is 0.562. The molecule has 0 aliphatic carbocycles. The molecule has 0 fully saturated rings. The molecule has 0 amide bonds. The summed E-state index contributed by atoms with van der Waals surface area (Å²) in [7, 11) is 1.58. The van der Waals surface area contributed by atoms with Crippen LogP contribution in [0.3, 0.4) is 0 Å². The molecular formula is C16H25NO3. The van der Waals surface area contributed by atoms with E-state index in [1.807, 2.05) is 0 Å². The molecule has 1 rings (SSSR count). The molecule has 0 aliphatic rings. The van der Waals surface area contributed by atoms with Crippen LogP contribution in [0.4, 0.5) is 5.69 Å². The van der Waals surface area contributed by atoms with Gasteiger partial charge in [-0.3, -0.25) is 0 Å². The van der Waals surface area contributed by atoms with Crippen LogP contribution in [0.15, 0.2) is 18.2 Å². The molecule has 0 aliphatic heterocycles. The van der Waals surface area contributed by atoms with Crippen LogP contribution in [-0.4, -0.2) is 24.2 Å². The number of aromatic carboxylic acids is 1. The molecule has 4 heteroatoms. The molecule has 0 saturated heterocycles. The Bertz CT molecular complexity index is 432. The highest BCUT2D eigenvalue weighted by Gasteiger charge is 2.13. The lowest BCUT2D eigenvalue weighted by Crippen LogP contribution is -2.17. The second kappa shape index (κ2) is 8.46. The number of hydrogen-bond donors (Lipinski definition) is 2. The molecule has 1 atom stereocenters. The molecule has 1 aromatic carbocycles. The van der Waals surface area contributed by atoms with Crippen molar-refractivity contribution >= 4 is 11.7 Å². The van der Waals surface area contributed by atoms with E-state index in [4.69, 9.17) is 4.74 Å². The van der Waals surface area contributed by atoms with E-state index in [0.29, 0.717) is 11.4 Å². The van der Waals surface area contributed by atoms with E-state index in [2.05, 4.69) is 19.2 Å². The molecule has 0 spiro atoms. The van der Waals surface area contributed by atoms with Crippen LogP contribution >= 0.6 is 0 Å². The average molecular weight is 279 g/mol. The van der Waals surface area contributed by atoms with Crippen molar-refractivity contribution in [2.24, 2.45) is 0 Å². The van der Waals surface area contributed by atoms with Crippen molar-refractivity contribution in [3.63, 3.8) is 0 Å². The molecule has 0 aromatic heterocycles. The number of nitrogens with one attached hydrogen (secondary N) is 1. The highest BCUT2D eigenvalue weighted by molar-refractivity contribution is 5.94. The molecule has 0 bridgehead atoms. The van der Waals surface area contributed by atoms with Crippen LogP contribution in [0.25, 0.3) is 0 Å². The standard InChI is InChI=1S/C16H25NO3/c1-4-5-6-7-8-12(2)17-15-11-13(20-3)9-10-14(15)16(18)19/h9-12,17H,4-8H2,1-3H3,(H,18,19). The first kappa shape index (κ1) is 16.3. The van der Waals surface area contributed by atoms with Crippen LogP contribution in [0, 0.1) is 0 Å². The number of methoxy groups -OCH3 is 1. The SMILES string of the molecule is CCCCCCC(C)Nc1cc(OC)ccc1C(=O)O. The molecule has 2 N–H and O–H groups in total. The van der Waals surface area contributed by atoms with Crippen LogP contribution < -0.4 is 10.1 Å². The van der Waals surface area contributed by atoms with Gasteiger partial charge in [-0.1, -0.05) is 32.6 Å². The minimum atomic E-state index is -0.923. The summed E-state index contributed by atoms with van der Waals surface area (Å²) in [5, 5.41) is 12.5. The summed E-state index contributed by atoms with van der Waals surface area (Å²) in [6.45, 7) is 4.27. The number of carboxylic acid groups (broad SMARTS) is 1. The number of ether oxygens (including phenoxy) is 1. The largest absolute Gasteiger partial charge is 0.497 e. The van der Waals surface area contributed by atoms with Gasteiger partial charge in [-0.2, -0.15) is 0 Å². The summed E-state index contributed by atoms with van der Waals surface area (Å²) in [6.07, 6.45) is 5.91. The summed E-state index contributed by atoms with van der Waals surface area (Å²) in [4.78, 5) is 11.2. The van der Waals surface area contributed by atoms with Gasteiger partial charge in [0.1, 0.15) is 5.75 Å². The van der Waals surface area contributed by atoms with E-state index in [0.717, 1.165) is 12.8 Å². The first-order chi connectivity index (χ1) is 9.58. The lowest BCUT2D eigenvalue weighted by Gasteiger charge is -2.17. The summed E-state index contributed by atoms with van der Waals surface area (Å²) < 4.78 is 5.15. The fourth-order valence-electron chi connectivity index (χ4n) is 2.17. The van der Waals surface area contributed by atoms with Gasteiger partial charge in [0.25, 0.3) is 0 Å². The minimum Gasteiger partial charge on any atom is -0.497 e. The Labute approximate surface area is 121 Å². The number of rotatable bonds is 9. The Hall–Kier alpha value is -1.71. The van der Waals surface area contributed by atoms with Crippen molar-refractivity contribution in [1.29, 1.82) is 0 Å². The van der Waals surface area contributed by atoms with E-state index in [1.54, 1.807) is 25.3 Å². The molecule has 20 heavy (non-hydrogen) atoms. The first-order valence-electron chi connectivity index (χ1n) is 7.26. The van der Waals surface area contributed by atoms with Gasteiger partial charge in [-0.05, 0) is 25.5 Å². The maximum atomic E-state index is 11.2. The number of hydrogen-bond acceptors (Lipinski definition) is 3. The van der Waals surface area contributed by atoms with Crippen molar-refractivity contribution in [1.82, 2.24) is 0 Å². The number of unbranched alkanes of at least 4 members (excludes halogenated alkanes) is 3. The molecule has 0 radical (unpaired) electrons. The van der Waals surface area contributed by atoms with Gasteiger partial charge in [0.2, 0.25) is 0 Å². The van der Waals surface area contributed by atoms with Gasteiger partial charge in [0, 0.05) is 12.1 Å². The summed E-state index contributed by atoms with van der Waals surface area (Å²) in [5.74, 6) is -0.260. The second-order valence-corrected chi connectivity index (χ2v) is 5.11. The zero-order chi connectivity index (χ0) is 15.0. The van der Waals surface area contributed by atoms with Gasteiger partial charge >= 0.3 is 5.97 Å². The third-order valence-electron chi connectivity index (χ3n) is 3.35. The molecule has 0 heterocycles. The molecule has 1 aromatic rings. The molecular weight excluding hydrogens is 254 g/mol. The third-order valence-corrected chi connectivity index (χ3v) is 3.35. The Morgan fingerprint density at radius 1 is 1.35 bits per heavy atom. The second-order valence-electron chi connectivity index (χ2n) is 5.11.